The zero-order valence-electron chi connectivity index (χ0n) is 8.93. The van der Waals surface area contributed by atoms with Crippen molar-refractivity contribution < 1.29 is 15.0 Å². The fraction of sp³-hybridized carbons (Fsp3) is 0.545. The zero-order valence-corrected chi connectivity index (χ0v) is 9.74. The fourth-order valence-electron chi connectivity index (χ4n) is 2.22. The highest BCUT2D eigenvalue weighted by Crippen LogP contribution is 2.32. The number of aliphatic hydroxyl groups excluding tert-OH is 1. The average molecular weight is 241 g/mol. The number of thiophene rings is 1. The smallest absolute Gasteiger partial charge is 0.407 e. The van der Waals surface area contributed by atoms with Gasteiger partial charge in [-0.2, -0.15) is 0 Å². The predicted octanol–water partition coefficient (Wildman–Crippen LogP) is 2.10. The molecule has 2 heterocycles. The van der Waals surface area contributed by atoms with Crippen LogP contribution in [0.2, 0.25) is 0 Å². The Morgan fingerprint density at radius 1 is 1.50 bits per heavy atom. The number of amides is 1. The van der Waals surface area contributed by atoms with Gasteiger partial charge in [0, 0.05) is 18.0 Å². The Morgan fingerprint density at radius 2 is 2.19 bits per heavy atom. The third-order valence-electron chi connectivity index (χ3n) is 3.13. The molecule has 1 fully saturated rings. The van der Waals surface area contributed by atoms with Crippen molar-refractivity contribution in [3.63, 3.8) is 0 Å². The molecule has 2 rings (SSSR count). The summed E-state index contributed by atoms with van der Waals surface area (Å²) in [7, 11) is 0. The molecule has 88 valence electrons. The summed E-state index contributed by atoms with van der Waals surface area (Å²) in [5, 5.41) is 20.0. The van der Waals surface area contributed by atoms with Crippen molar-refractivity contribution in [3.8, 4) is 0 Å². The molecule has 0 aliphatic carbocycles. The van der Waals surface area contributed by atoms with Crippen LogP contribution in [0.15, 0.2) is 11.4 Å². The van der Waals surface area contributed by atoms with E-state index in [0.29, 0.717) is 19.0 Å². The zero-order chi connectivity index (χ0) is 11.5. The van der Waals surface area contributed by atoms with Crippen molar-refractivity contribution in [1.82, 2.24) is 4.90 Å². The number of carbonyl (C=O) groups is 1. The van der Waals surface area contributed by atoms with Crippen LogP contribution in [0.25, 0.3) is 0 Å². The average Bonchev–Trinajstić information content (AvgIpc) is 2.77. The van der Waals surface area contributed by atoms with Gasteiger partial charge in [-0.1, -0.05) is 0 Å². The van der Waals surface area contributed by atoms with Crippen LogP contribution in [0.4, 0.5) is 4.79 Å². The maximum absolute atomic E-state index is 10.8. The number of carboxylic acid groups (broad SMARTS) is 1. The van der Waals surface area contributed by atoms with Crippen LogP contribution in [0.5, 0.6) is 0 Å². The molecule has 5 heteroatoms. The van der Waals surface area contributed by atoms with Crippen molar-refractivity contribution >= 4 is 17.4 Å². The number of likely N-dealkylation sites (tertiary alicyclic amines) is 1. The van der Waals surface area contributed by atoms with E-state index in [1.165, 1.54) is 10.5 Å². The Balaban J connectivity index is 2.01. The lowest BCUT2D eigenvalue weighted by atomic mass is 9.90. The van der Waals surface area contributed by atoms with Gasteiger partial charge in [0.1, 0.15) is 0 Å². The standard InChI is InChI=1S/C11H15NO3S/c13-7-10-9(3-6-16-10)8-1-4-12(5-2-8)11(14)15/h3,6,8,13H,1-2,4-5,7H2,(H,14,15). The lowest BCUT2D eigenvalue weighted by Crippen LogP contribution is -2.36. The van der Waals surface area contributed by atoms with E-state index in [2.05, 4.69) is 6.07 Å². The number of hydrogen-bond donors (Lipinski definition) is 2. The number of piperidine rings is 1. The van der Waals surface area contributed by atoms with Gasteiger partial charge in [-0.3, -0.25) is 0 Å². The molecule has 16 heavy (non-hydrogen) atoms. The van der Waals surface area contributed by atoms with Crippen molar-refractivity contribution in [3.05, 3.63) is 21.9 Å². The first-order chi connectivity index (χ1) is 7.72. The van der Waals surface area contributed by atoms with Crippen molar-refractivity contribution in [2.24, 2.45) is 0 Å². The van der Waals surface area contributed by atoms with Gasteiger partial charge in [0.2, 0.25) is 0 Å². The Labute approximate surface area is 98.1 Å². The van der Waals surface area contributed by atoms with Crippen molar-refractivity contribution in [2.45, 2.75) is 25.4 Å². The van der Waals surface area contributed by atoms with Gasteiger partial charge in [-0.05, 0) is 35.8 Å². The number of rotatable bonds is 2. The highest BCUT2D eigenvalue weighted by Gasteiger charge is 2.24. The highest BCUT2D eigenvalue weighted by atomic mass is 32.1. The lowest BCUT2D eigenvalue weighted by Gasteiger charge is -2.30. The molecular formula is C11H15NO3S. The third kappa shape index (κ3) is 2.20. The van der Waals surface area contributed by atoms with E-state index in [0.717, 1.165) is 17.7 Å². The summed E-state index contributed by atoms with van der Waals surface area (Å²) in [6, 6.07) is 2.05. The molecule has 0 saturated carbocycles. The molecule has 1 aromatic heterocycles. The van der Waals surface area contributed by atoms with E-state index in [-0.39, 0.29) is 6.61 Å². The van der Waals surface area contributed by atoms with Crippen molar-refractivity contribution in [1.29, 1.82) is 0 Å². The Morgan fingerprint density at radius 3 is 2.75 bits per heavy atom. The Kier molecular flexibility index (Phi) is 3.46. The number of nitrogens with zero attached hydrogens (tertiary/aromatic N) is 1. The summed E-state index contributed by atoms with van der Waals surface area (Å²) in [6.07, 6.45) is 0.887. The lowest BCUT2D eigenvalue weighted by molar-refractivity contribution is 0.132. The maximum atomic E-state index is 10.8. The van der Waals surface area contributed by atoms with Gasteiger partial charge in [0.25, 0.3) is 0 Å². The van der Waals surface area contributed by atoms with Gasteiger partial charge in [-0.25, -0.2) is 4.79 Å². The molecule has 4 nitrogen and oxygen atoms in total. The second-order valence-electron chi connectivity index (χ2n) is 4.00. The molecule has 0 aromatic carbocycles. The maximum Gasteiger partial charge on any atom is 0.407 e. The summed E-state index contributed by atoms with van der Waals surface area (Å²) >= 11 is 1.57. The normalized spacial score (nSPS) is 17.7. The number of aliphatic hydroxyl groups is 1. The Hall–Kier alpha value is -1.07. The van der Waals surface area contributed by atoms with Crippen molar-refractivity contribution in [2.75, 3.05) is 13.1 Å². The molecule has 0 bridgehead atoms. The van der Waals surface area contributed by atoms with E-state index in [1.807, 2.05) is 5.38 Å². The summed E-state index contributed by atoms with van der Waals surface area (Å²) in [5.74, 6) is 0.406. The Bertz CT molecular complexity index is 369. The van der Waals surface area contributed by atoms with E-state index >= 15 is 0 Å². The molecule has 1 amide bonds. The molecule has 1 aliphatic heterocycles. The first-order valence-corrected chi connectivity index (χ1v) is 6.25. The molecule has 0 radical (unpaired) electrons. The molecule has 0 unspecified atom stereocenters. The largest absolute Gasteiger partial charge is 0.465 e. The summed E-state index contributed by atoms with van der Waals surface area (Å²) < 4.78 is 0. The monoisotopic (exact) mass is 241 g/mol. The SMILES string of the molecule is O=C(O)N1CCC(c2ccsc2CO)CC1. The minimum absolute atomic E-state index is 0.0894. The second-order valence-corrected chi connectivity index (χ2v) is 5.00. The van der Waals surface area contributed by atoms with Gasteiger partial charge >= 0.3 is 6.09 Å². The first-order valence-electron chi connectivity index (χ1n) is 5.37. The quantitative estimate of drug-likeness (QED) is 0.833. The molecule has 1 aromatic rings. The topological polar surface area (TPSA) is 60.8 Å². The van der Waals surface area contributed by atoms with Crippen LogP contribution in [0, 0.1) is 0 Å². The van der Waals surface area contributed by atoms with Gasteiger partial charge in [0.15, 0.2) is 0 Å². The second kappa shape index (κ2) is 4.84. The van der Waals surface area contributed by atoms with E-state index < -0.39 is 6.09 Å². The highest BCUT2D eigenvalue weighted by molar-refractivity contribution is 7.10. The van der Waals surface area contributed by atoms with Crippen LogP contribution >= 0.6 is 11.3 Å². The van der Waals surface area contributed by atoms with E-state index in [4.69, 9.17) is 5.11 Å². The summed E-state index contributed by atoms with van der Waals surface area (Å²) in [5.41, 5.74) is 1.21. The van der Waals surface area contributed by atoms with Crippen LogP contribution in [0.3, 0.4) is 0 Å². The molecule has 0 spiro atoms. The number of hydrogen-bond acceptors (Lipinski definition) is 3. The molecular weight excluding hydrogens is 226 g/mol. The predicted molar refractivity (Wildman–Crippen MR) is 61.8 cm³/mol. The minimum Gasteiger partial charge on any atom is -0.465 e. The first kappa shape index (κ1) is 11.4. The van der Waals surface area contributed by atoms with Crippen LogP contribution in [-0.2, 0) is 6.61 Å². The van der Waals surface area contributed by atoms with E-state index in [9.17, 15) is 9.90 Å². The summed E-state index contributed by atoms with van der Waals surface area (Å²) in [6.45, 7) is 1.29. The minimum atomic E-state index is -0.828. The molecule has 2 N–H and O–H groups in total. The van der Waals surface area contributed by atoms with Crippen LogP contribution in [0.1, 0.15) is 29.2 Å². The van der Waals surface area contributed by atoms with Gasteiger partial charge in [-0.15, -0.1) is 11.3 Å². The fourth-order valence-corrected chi connectivity index (χ4v) is 3.05. The van der Waals surface area contributed by atoms with Crippen LogP contribution < -0.4 is 0 Å². The third-order valence-corrected chi connectivity index (χ3v) is 4.05. The van der Waals surface area contributed by atoms with Crippen LogP contribution in [-0.4, -0.2) is 34.3 Å². The van der Waals surface area contributed by atoms with E-state index in [1.54, 1.807) is 11.3 Å². The molecule has 1 saturated heterocycles. The molecule has 0 atom stereocenters. The summed E-state index contributed by atoms with van der Waals surface area (Å²) in [4.78, 5) is 13.2. The van der Waals surface area contributed by atoms with Gasteiger partial charge < -0.3 is 15.1 Å². The molecule has 1 aliphatic rings. The van der Waals surface area contributed by atoms with Gasteiger partial charge in [0.05, 0.1) is 6.61 Å².